The summed E-state index contributed by atoms with van der Waals surface area (Å²) in [4.78, 5) is 56.9. The molecule has 2 unspecified atom stereocenters. The Morgan fingerprint density at radius 3 is 2.00 bits per heavy atom. The number of amides is 3. The zero-order chi connectivity index (χ0) is 19.6. The first kappa shape index (κ1) is 22.3. The molecular weight excluding hydrogens is 336 g/mol. The summed E-state index contributed by atoms with van der Waals surface area (Å²) in [6.07, 6.45) is -0.561. The number of hydrogen-bond donors (Lipinski definition) is 6. The number of nitrogens with two attached hydrogens (primary N) is 1. The number of aliphatic carboxylic acids is 2. The molecule has 0 bridgehead atoms. The molecular formula is C14H24N4O7. The van der Waals surface area contributed by atoms with Crippen LogP contribution >= 0.6 is 0 Å². The van der Waals surface area contributed by atoms with Gasteiger partial charge < -0.3 is 31.9 Å². The lowest BCUT2D eigenvalue weighted by atomic mass is 10.0. The first-order chi connectivity index (χ1) is 11.6. The molecule has 0 aromatic rings. The molecule has 11 nitrogen and oxygen atoms in total. The number of hydrogen-bond acceptors (Lipinski definition) is 6. The summed E-state index contributed by atoms with van der Waals surface area (Å²) in [7, 11) is 0. The van der Waals surface area contributed by atoms with Gasteiger partial charge in [-0.25, -0.2) is 0 Å². The highest BCUT2D eigenvalue weighted by atomic mass is 16.4. The summed E-state index contributed by atoms with van der Waals surface area (Å²) < 4.78 is 0. The minimum absolute atomic E-state index is 0.186. The van der Waals surface area contributed by atoms with Gasteiger partial charge >= 0.3 is 11.9 Å². The molecule has 142 valence electrons. The van der Waals surface area contributed by atoms with E-state index >= 15 is 0 Å². The van der Waals surface area contributed by atoms with Gasteiger partial charge in [-0.2, -0.15) is 0 Å². The van der Waals surface area contributed by atoms with Gasteiger partial charge in [0.2, 0.25) is 17.7 Å². The lowest BCUT2D eigenvalue weighted by Gasteiger charge is -2.24. The Bertz CT molecular complexity index is 521. The second-order valence-corrected chi connectivity index (χ2v) is 5.60. The lowest BCUT2D eigenvalue weighted by Crippen LogP contribution is -2.56. The fraction of sp³-hybridized carbons (Fsp3) is 0.643. The standard InChI is InChI=1S/C14H24N4O7/c1-7(2)12(14(25)16-6-11(22)23)18-13(24)8(3-4-10(20)21)17-9(19)5-15/h7-8,12H,3-6,15H2,1-2H3,(H,16,25)(H,17,19)(H,18,24)(H,20,21)(H,22,23). The maximum absolute atomic E-state index is 12.3. The molecule has 11 heteroatoms. The summed E-state index contributed by atoms with van der Waals surface area (Å²) in [6.45, 7) is 2.28. The summed E-state index contributed by atoms with van der Waals surface area (Å²) in [5.41, 5.74) is 5.16. The monoisotopic (exact) mass is 360 g/mol. The van der Waals surface area contributed by atoms with E-state index in [1.807, 2.05) is 0 Å². The summed E-state index contributed by atoms with van der Waals surface area (Å²) in [5.74, 6) is -4.87. The van der Waals surface area contributed by atoms with Crippen molar-refractivity contribution in [2.24, 2.45) is 11.7 Å². The minimum atomic E-state index is -1.24. The fourth-order valence-electron chi connectivity index (χ4n) is 1.85. The molecule has 0 aliphatic rings. The van der Waals surface area contributed by atoms with E-state index in [9.17, 15) is 24.0 Å². The number of carbonyl (C=O) groups excluding carboxylic acids is 3. The maximum atomic E-state index is 12.3. The topological polar surface area (TPSA) is 188 Å². The van der Waals surface area contributed by atoms with Gasteiger partial charge in [-0.05, 0) is 12.3 Å². The molecule has 0 saturated carbocycles. The van der Waals surface area contributed by atoms with E-state index in [4.69, 9.17) is 15.9 Å². The number of rotatable bonds is 11. The number of carboxylic acid groups (broad SMARTS) is 2. The molecule has 0 radical (unpaired) electrons. The molecule has 3 amide bonds. The smallest absolute Gasteiger partial charge is 0.322 e. The van der Waals surface area contributed by atoms with Crippen LogP contribution in [0.5, 0.6) is 0 Å². The number of nitrogens with one attached hydrogen (secondary N) is 3. The molecule has 0 spiro atoms. The Labute approximate surface area is 144 Å². The van der Waals surface area contributed by atoms with Gasteiger partial charge in [-0.15, -0.1) is 0 Å². The third-order valence-corrected chi connectivity index (χ3v) is 3.14. The van der Waals surface area contributed by atoms with Crippen molar-refractivity contribution in [3.05, 3.63) is 0 Å². The van der Waals surface area contributed by atoms with Gasteiger partial charge in [0.1, 0.15) is 18.6 Å². The van der Waals surface area contributed by atoms with Gasteiger partial charge in [-0.1, -0.05) is 13.8 Å². The van der Waals surface area contributed by atoms with Crippen LogP contribution < -0.4 is 21.7 Å². The highest BCUT2D eigenvalue weighted by molar-refractivity contribution is 5.93. The zero-order valence-corrected chi connectivity index (χ0v) is 14.1. The van der Waals surface area contributed by atoms with Crippen molar-refractivity contribution in [3.63, 3.8) is 0 Å². The van der Waals surface area contributed by atoms with E-state index in [2.05, 4.69) is 16.0 Å². The average Bonchev–Trinajstić information content (AvgIpc) is 2.52. The third-order valence-electron chi connectivity index (χ3n) is 3.14. The quantitative estimate of drug-likeness (QED) is 0.236. The normalized spacial score (nSPS) is 12.8. The predicted octanol–water partition coefficient (Wildman–Crippen LogP) is -2.36. The molecule has 0 aliphatic carbocycles. The van der Waals surface area contributed by atoms with Gasteiger partial charge in [-0.3, -0.25) is 24.0 Å². The van der Waals surface area contributed by atoms with E-state index in [1.165, 1.54) is 0 Å². The van der Waals surface area contributed by atoms with Crippen LogP contribution in [0.3, 0.4) is 0 Å². The first-order valence-corrected chi connectivity index (χ1v) is 7.59. The van der Waals surface area contributed by atoms with Crippen LogP contribution in [-0.2, 0) is 24.0 Å². The zero-order valence-electron chi connectivity index (χ0n) is 14.1. The predicted molar refractivity (Wildman–Crippen MR) is 85.3 cm³/mol. The number of carboxylic acids is 2. The molecule has 7 N–H and O–H groups in total. The maximum Gasteiger partial charge on any atom is 0.322 e. The lowest BCUT2D eigenvalue weighted by molar-refractivity contribution is -0.139. The van der Waals surface area contributed by atoms with Crippen molar-refractivity contribution in [1.82, 2.24) is 16.0 Å². The number of carbonyl (C=O) groups is 5. The van der Waals surface area contributed by atoms with Crippen molar-refractivity contribution in [2.75, 3.05) is 13.1 Å². The molecule has 25 heavy (non-hydrogen) atoms. The Morgan fingerprint density at radius 2 is 1.56 bits per heavy atom. The molecule has 0 heterocycles. The van der Waals surface area contributed by atoms with E-state index in [0.717, 1.165) is 0 Å². The molecule has 0 aliphatic heterocycles. The van der Waals surface area contributed by atoms with E-state index < -0.39 is 48.3 Å². The molecule has 2 atom stereocenters. The fourth-order valence-corrected chi connectivity index (χ4v) is 1.85. The van der Waals surface area contributed by atoms with Crippen LogP contribution in [0.15, 0.2) is 0 Å². The van der Waals surface area contributed by atoms with Crippen molar-refractivity contribution in [3.8, 4) is 0 Å². The highest BCUT2D eigenvalue weighted by Crippen LogP contribution is 2.05. The summed E-state index contributed by atoms with van der Waals surface area (Å²) in [6, 6.07) is -2.23. The van der Waals surface area contributed by atoms with Gasteiger partial charge in [0.25, 0.3) is 0 Å². The Kier molecular flexibility index (Phi) is 9.79. The highest BCUT2D eigenvalue weighted by Gasteiger charge is 2.29. The van der Waals surface area contributed by atoms with Gasteiger partial charge in [0.15, 0.2) is 0 Å². The van der Waals surface area contributed by atoms with Crippen molar-refractivity contribution < 1.29 is 34.2 Å². The van der Waals surface area contributed by atoms with Crippen molar-refractivity contribution >= 4 is 29.7 Å². The SMILES string of the molecule is CC(C)C(NC(=O)C(CCC(=O)O)NC(=O)CN)C(=O)NCC(=O)O. The molecule has 0 fully saturated rings. The summed E-state index contributed by atoms with van der Waals surface area (Å²) >= 11 is 0. The first-order valence-electron chi connectivity index (χ1n) is 7.59. The van der Waals surface area contributed by atoms with Crippen LogP contribution in [0.1, 0.15) is 26.7 Å². The molecule has 0 aromatic carbocycles. The second kappa shape index (κ2) is 11.0. The molecule has 0 aromatic heterocycles. The van der Waals surface area contributed by atoms with Crippen LogP contribution in [0, 0.1) is 5.92 Å². The Morgan fingerprint density at radius 1 is 0.960 bits per heavy atom. The van der Waals surface area contributed by atoms with E-state index in [1.54, 1.807) is 13.8 Å². The van der Waals surface area contributed by atoms with Crippen LogP contribution in [0.2, 0.25) is 0 Å². The van der Waals surface area contributed by atoms with Crippen molar-refractivity contribution in [2.45, 2.75) is 38.8 Å². The van der Waals surface area contributed by atoms with Gasteiger partial charge in [0, 0.05) is 6.42 Å². The Hall–Kier alpha value is -2.69. The largest absolute Gasteiger partial charge is 0.481 e. The average molecular weight is 360 g/mol. The second-order valence-electron chi connectivity index (χ2n) is 5.60. The molecule has 0 saturated heterocycles. The van der Waals surface area contributed by atoms with Crippen LogP contribution in [0.4, 0.5) is 0 Å². The van der Waals surface area contributed by atoms with E-state index in [-0.39, 0.29) is 25.3 Å². The summed E-state index contributed by atoms with van der Waals surface area (Å²) in [5, 5.41) is 24.2. The molecule has 0 rings (SSSR count). The Balaban J connectivity index is 5.03. The van der Waals surface area contributed by atoms with Crippen molar-refractivity contribution in [1.29, 1.82) is 0 Å². The van der Waals surface area contributed by atoms with Crippen LogP contribution in [0.25, 0.3) is 0 Å². The third kappa shape index (κ3) is 9.25. The van der Waals surface area contributed by atoms with Crippen LogP contribution in [-0.4, -0.2) is 65.0 Å². The van der Waals surface area contributed by atoms with Gasteiger partial charge in [0.05, 0.1) is 6.54 Å². The minimum Gasteiger partial charge on any atom is -0.481 e. The van der Waals surface area contributed by atoms with E-state index in [0.29, 0.717) is 0 Å².